The van der Waals surface area contributed by atoms with Crippen LogP contribution in [0.4, 0.5) is 0 Å². The van der Waals surface area contributed by atoms with Gasteiger partial charge in [-0.3, -0.25) is 9.59 Å². The quantitative estimate of drug-likeness (QED) is 0.330. The zero-order chi connectivity index (χ0) is 21.7. The summed E-state index contributed by atoms with van der Waals surface area (Å²) in [5.74, 6) is 0.139. The highest BCUT2D eigenvalue weighted by Gasteiger charge is 2.08. The van der Waals surface area contributed by atoms with Gasteiger partial charge in [0.15, 0.2) is 0 Å². The number of halogens is 2. The molecule has 1 amide bonds. The van der Waals surface area contributed by atoms with Gasteiger partial charge in [-0.05, 0) is 46.3 Å². The third-order valence-corrected chi connectivity index (χ3v) is 5.78. The van der Waals surface area contributed by atoms with Crippen molar-refractivity contribution in [2.45, 2.75) is 53.9 Å². The van der Waals surface area contributed by atoms with Gasteiger partial charge in [0.25, 0.3) is 5.91 Å². The van der Waals surface area contributed by atoms with Gasteiger partial charge < -0.3 is 10.4 Å². The molecule has 0 saturated heterocycles. The van der Waals surface area contributed by atoms with Crippen molar-refractivity contribution >= 4 is 50.6 Å². The molecule has 0 bridgehead atoms. The zero-order valence-electron chi connectivity index (χ0n) is 17.1. The minimum absolute atomic E-state index is 0.0706. The smallest absolute Gasteiger partial charge is 0.251 e. The third kappa shape index (κ3) is 10.8. The summed E-state index contributed by atoms with van der Waals surface area (Å²) >= 11 is 10.6. The molecule has 0 aliphatic rings. The first-order chi connectivity index (χ1) is 13.1. The van der Waals surface area contributed by atoms with Crippen molar-refractivity contribution in [1.82, 2.24) is 5.32 Å². The number of aromatic hydroxyl groups is 1. The fraction of sp³-hybridized carbons (Fsp3) is 0.429. The molecular formula is C21H29BrClNO3S. The molecule has 28 heavy (non-hydrogen) atoms. The van der Waals surface area contributed by atoms with E-state index in [1.807, 2.05) is 32.9 Å². The molecule has 1 aromatic rings. The van der Waals surface area contributed by atoms with Gasteiger partial charge in [-0.2, -0.15) is 0 Å². The van der Waals surface area contributed by atoms with E-state index < -0.39 is 0 Å². The highest BCUT2D eigenvalue weighted by molar-refractivity contribution is 9.11. The molecule has 0 aliphatic heterocycles. The van der Waals surface area contributed by atoms with Crippen LogP contribution in [0.1, 0.15) is 52.3 Å². The van der Waals surface area contributed by atoms with Crippen LogP contribution in [0.3, 0.4) is 0 Å². The minimum Gasteiger partial charge on any atom is -0.506 e. The van der Waals surface area contributed by atoms with E-state index in [1.54, 1.807) is 11.5 Å². The van der Waals surface area contributed by atoms with Crippen molar-refractivity contribution in [2.24, 2.45) is 0 Å². The molecule has 0 aromatic carbocycles. The largest absolute Gasteiger partial charge is 0.506 e. The Morgan fingerprint density at radius 1 is 1.29 bits per heavy atom. The van der Waals surface area contributed by atoms with Gasteiger partial charge in [-0.1, -0.05) is 52.5 Å². The lowest BCUT2D eigenvalue weighted by Gasteiger charge is -2.06. The minimum atomic E-state index is -0.149. The molecule has 0 fully saturated rings. The number of ketones is 1. The van der Waals surface area contributed by atoms with Gasteiger partial charge >= 0.3 is 0 Å². The van der Waals surface area contributed by atoms with Crippen molar-refractivity contribution in [3.63, 3.8) is 0 Å². The first kappa shape index (κ1) is 26.6. The Bertz CT molecular complexity index is 747. The van der Waals surface area contributed by atoms with E-state index >= 15 is 0 Å². The highest BCUT2D eigenvalue weighted by atomic mass is 79.9. The Hall–Kier alpha value is -1.37. The molecule has 0 aliphatic carbocycles. The number of Topliss-reactive ketones (excluding diaryl/α,β-unsaturated/α-hetero) is 1. The maximum absolute atomic E-state index is 11.9. The van der Waals surface area contributed by atoms with Crippen molar-refractivity contribution < 1.29 is 14.7 Å². The normalized spacial score (nSPS) is 11.0. The second kappa shape index (κ2) is 14.6. The zero-order valence-corrected chi connectivity index (χ0v) is 20.2. The SMILES string of the molecule is C/C=C(Br)\C=C/C(C(=O)NCCC(C)=O)=C(C)C.CCCc1scc(O)c1Cl. The van der Waals surface area contributed by atoms with Crippen LogP contribution in [0.25, 0.3) is 0 Å². The number of rotatable bonds is 8. The standard InChI is InChI=1S/C14H20BrNO2.C7H9ClOS/c1-5-12(15)6-7-13(10(2)3)14(18)16-9-8-11(4)17;1-2-3-6-7(8)5(9)4-10-6/h5-7H,8-9H2,1-4H3,(H,16,18);4,9H,2-3H2,1H3/b7-6-,12-5+;. The molecule has 156 valence electrons. The molecule has 4 nitrogen and oxygen atoms in total. The van der Waals surface area contributed by atoms with E-state index in [2.05, 4.69) is 28.2 Å². The summed E-state index contributed by atoms with van der Waals surface area (Å²) < 4.78 is 0.915. The summed E-state index contributed by atoms with van der Waals surface area (Å²) in [4.78, 5) is 23.8. The molecule has 0 saturated carbocycles. The predicted molar refractivity (Wildman–Crippen MR) is 123 cm³/mol. The van der Waals surface area contributed by atoms with E-state index in [1.165, 1.54) is 18.3 Å². The number of amides is 1. The third-order valence-electron chi connectivity index (χ3n) is 3.49. The van der Waals surface area contributed by atoms with E-state index in [0.29, 0.717) is 23.6 Å². The number of hydrogen-bond acceptors (Lipinski definition) is 4. The number of thiophene rings is 1. The second-order valence-corrected chi connectivity index (χ2v) is 8.49. The molecule has 0 radical (unpaired) electrons. The van der Waals surface area contributed by atoms with Gasteiger partial charge in [0, 0.05) is 33.3 Å². The average Bonchev–Trinajstić information content (AvgIpc) is 2.94. The van der Waals surface area contributed by atoms with Crippen molar-refractivity contribution in [2.75, 3.05) is 6.54 Å². The van der Waals surface area contributed by atoms with Gasteiger partial charge in [-0.25, -0.2) is 0 Å². The number of carbonyl (C=O) groups excluding carboxylic acids is 2. The molecule has 0 unspecified atom stereocenters. The van der Waals surface area contributed by atoms with Crippen LogP contribution < -0.4 is 5.32 Å². The van der Waals surface area contributed by atoms with Gasteiger partial charge in [0.05, 0.1) is 5.02 Å². The maximum atomic E-state index is 11.9. The van der Waals surface area contributed by atoms with Crippen LogP contribution in [0.15, 0.2) is 39.2 Å². The fourth-order valence-corrected chi connectivity index (χ4v) is 3.33. The molecular weight excluding hydrogens is 462 g/mol. The van der Waals surface area contributed by atoms with Crippen molar-refractivity contribution in [3.8, 4) is 5.75 Å². The van der Waals surface area contributed by atoms with Crippen LogP contribution in [0.2, 0.25) is 5.02 Å². The summed E-state index contributed by atoms with van der Waals surface area (Å²) in [6.07, 6.45) is 7.88. The summed E-state index contributed by atoms with van der Waals surface area (Å²) in [6, 6.07) is 0. The Balaban J connectivity index is 0.000000609. The van der Waals surface area contributed by atoms with Crippen LogP contribution in [0, 0.1) is 0 Å². The first-order valence-electron chi connectivity index (χ1n) is 9.03. The van der Waals surface area contributed by atoms with Gasteiger partial charge in [-0.15, -0.1) is 11.3 Å². The van der Waals surface area contributed by atoms with Crippen LogP contribution >= 0.6 is 38.9 Å². The molecule has 7 heteroatoms. The van der Waals surface area contributed by atoms with E-state index in [-0.39, 0.29) is 17.4 Å². The lowest BCUT2D eigenvalue weighted by atomic mass is 10.1. The van der Waals surface area contributed by atoms with Crippen molar-refractivity contribution in [1.29, 1.82) is 0 Å². The predicted octanol–water partition coefficient (Wildman–Crippen LogP) is 6.33. The maximum Gasteiger partial charge on any atom is 0.251 e. The van der Waals surface area contributed by atoms with E-state index in [9.17, 15) is 9.59 Å². The molecule has 0 spiro atoms. The van der Waals surface area contributed by atoms with Crippen LogP contribution in [-0.4, -0.2) is 23.3 Å². The molecule has 1 aromatic heterocycles. The van der Waals surface area contributed by atoms with Crippen molar-refractivity contribution in [3.05, 3.63) is 49.1 Å². The molecule has 2 N–H and O–H groups in total. The number of carbonyl (C=O) groups is 2. The topological polar surface area (TPSA) is 66.4 Å². The highest BCUT2D eigenvalue weighted by Crippen LogP contribution is 2.33. The fourth-order valence-electron chi connectivity index (χ4n) is 1.94. The number of nitrogens with one attached hydrogen (secondary N) is 1. The van der Waals surface area contributed by atoms with E-state index in [4.69, 9.17) is 16.7 Å². The number of allylic oxidation sites excluding steroid dienone is 4. The summed E-state index contributed by atoms with van der Waals surface area (Å²) in [5, 5.41) is 14.0. The lowest BCUT2D eigenvalue weighted by Crippen LogP contribution is -2.27. The lowest BCUT2D eigenvalue weighted by molar-refractivity contribution is -0.118. The summed E-state index contributed by atoms with van der Waals surface area (Å²) in [7, 11) is 0. The molecule has 1 heterocycles. The van der Waals surface area contributed by atoms with Gasteiger partial charge in [0.1, 0.15) is 11.5 Å². The summed E-state index contributed by atoms with van der Waals surface area (Å²) in [6.45, 7) is 9.65. The Labute approximate surface area is 185 Å². The average molecular weight is 491 g/mol. The van der Waals surface area contributed by atoms with Crippen LogP contribution in [-0.2, 0) is 16.0 Å². The Morgan fingerprint density at radius 3 is 2.36 bits per heavy atom. The molecule has 0 atom stereocenters. The van der Waals surface area contributed by atoms with Gasteiger partial charge in [0.2, 0.25) is 0 Å². The number of hydrogen-bond donors (Lipinski definition) is 2. The monoisotopic (exact) mass is 489 g/mol. The van der Waals surface area contributed by atoms with Crippen LogP contribution in [0.5, 0.6) is 5.75 Å². The van der Waals surface area contributed by atoms with E-state index in [0.717, 1.165) is 27.8 Å². The first-order valence-corrected chi connectivity index (χ1v) is 11.1. The Morgan fingerprint density at radius 2 is 1.93 bits per heavy atom. The molecule has 1 rings (SSSR count). The summed E-state index contributed by atoms with van der Waals surface area (Å²) in [5.41, 5.74) is 1.56. The second-order valence-electron chi connectivity index (χ2n) is 6.24. The number of aryl methyl sites for hydroxylation is 1. The Kier molecular flexibility index (Phi) is 13.9.